The molecule has 1 aliphatic rings. The van der Waals surface area contributed by atoms with E-state index >= 15 is 0 Å². The number of rotatable bonds is 3. The van der Waals surface area contributed by atoms with Crippen LogP contribution in [0.4, 0.5) is 0 Å². The number of ether oxygens (including phenoxy) is 2. The van der Waals surface area contributed by atoms with Crippen molar-refractivity contribution in [2.45, 2.75) is 19.6 Å². The summed E-state index contributed by atoms with van der Waals surface area (Å²) in [6.45, 7) is 1.86. The molecule has 104 valence electrons. The van der Waals surface area contributed by atoms with E-state index in [1.807, 2.05) is 12.1 Å². The fraction of sp³-hybridized carbons (Fsp3) is 0.333. The second-order valence-corrected chi connectivity index (χ2v) is 4.75. The summed E-state index contributed by atoms with van der Waals surface area (Å²) < 4.78 is 11.9. The number of fused-ring (bicyclic) bond motifs is 1. The molecule has 0 spiro atoms. The molecule has 1 aliphatic heterocycles. The number of methoxy groups -OCH3 is 1. The lowest BCUT2D eigenvalue weighted by Crippen LogP contribution is -2.24. The van der Waals surface area contributed by atoms with Gasteiger partial charge < -0.3 is 9.47 Å². The van der Waals surface area contributed by atoms with Gasteiger partial charge >= 0.3 is 0 Å². The second kappa shape index (κ2) is 5.46. The quantitative estimate of drug-likeness (QED) is 0.847. The van der Waals surface area contributed by atoms with Crippen LogP contribution in [-0.4, -0.2) is 23.5 Å². The van der Waals surface area contributed by atoms with E-state index in [-0.39, 0.29) is 5.56 Å². The third-order valence-corrected chi connectivity index (χ3v) is 3.52. The van der Waals surface area contributed by atoms with Crippen LogP contribution in [0.15, 0.2) is 35.3 Å². The number of benzene rings is 1. The zero-order valence-electron chi connectivity index (χ0n) is 11.3. The summed E-state index contributed by atoms with van der Waals surface area (Å²) in [5.41, 5.74) is 3.46. The molecule has 0 saturated heterocycles. The minimum absolute atomic E-state index is 0.158. The Kier molecular flexibility index (Phi) is 3.52. The normalized spacial score (nSPS) is 13.8. The fourth-order valence-corrected chi connectivity index (χ4v) is 2.46. The van der Waals surface area contributed by atoms with Gasteiger partial charge in [0.1, 0.15) is 5.75 Å². The average Bonchev–Trinajstić information content (AvgIpc) is 2.49. The summed E-state index contributed by atoms with van der Waals surface area (Å²) in [5.74, 6) is 0.481. The van der Waals surface area contributed by atoms with Crippen LogP contribution in [0.25, 0.3) is 0 Å². The van der Waals surface area contributed by atoms with Crippen molar-refractivity contribution in [2.24, 2.45) is 0 Å². The lowest BCUT2D eigenvalue weighted by molar-refractivity contribution is 0.110. The minimum atomic E-state index is -0.158. The molecule has 1 aromatic carbocycles. The van der Waals surface area contributed by atoms with E-state index in [2.05, 4.69) is 11.2 Å². The van der Waals surface area contributed by atoms with Crippen molar-refractivity contribution in [2.75, 3.05) is 13.7 Å². The van der Waals surface area contributed by atoms with Crippen molar-refractivity contribution in [1.82, 2.24) is 9.78 Å². The van der Waals surface area contributed by atoms with Crippen molar-refractivity contribution < 1.29 is 9.47 Å². The molecule has 20 heavy (non-hydrogen) atoms. The smallest absolute Gasteiger partial charge is 0.270 e. The van der Waals surface area contributed by atoms with E-state index < -0.39 is 0 Å². The maximum Gasteiger partial charge on any atom is 0.270 e. The van der Waals surface area contributed by atoms with E-state index in [4.69, 9.17) is 9.47 Å². The van der Waals surface area contributed by atoms with Crippen LogP contribution in [0.5, 0.6) is 5.75 Å². The molecule has 0 N–H and O–H groups in total. The first-order valence-corrected chi connectivity index (χ1v) is 6.56. The molecule has 0 atom stereocenters. The first-order valence-electron chi connectivity index (χ1n) is 6.56. The standard InChI is InChI=1S/C15H16N2O3/c1-19-13-7-15(18)17(16-8-13)9-11-3-2-4-12-10-20-6-5-14(11)12/h2-4,7-8H,5-6,9-10H2,1H3. The number of aromatic nitrogens is 2. The van der Waals surface area contributed by atoms with Crippen LogP contribution in [0.3, 0.4) is 0 Å². The molecule has 0 amide bonds. The zero-order chi connectivity index (χ0) is 13.9. The van der Waals surface area contributed by atoms with Gasteiger partial charge in [-0.1, -0.05) is 18.2 Å². The highest BCUT2D eigenvalue weighted by Gasteiger charge is 2.14. The van der Waals surface area contributed by atoms with Gasteiger partial charge in [0.2, 0.25) is 0 Å². The van der Waals surface area contributed by atoms with Crippen molar-refractivity contribution in [3.8, 4) is 5.75 Å². The van der Waals surface area contributed by atoms with E-state index in [9.17, 15) is 4.79 Å². The Bertz CT molecular complexity index is 679. The summed E-state index contributed by atoms with van der Waals surface area (Å²) in [6.07, 6.45) is 2.44. The third kappa shape index (κ3) is 2.44. The van der Waals surface area contributed by atoms with Crippen molar-refractivity contribution in [1.29, 1.82) is 0 Å². The van der Waals surface area contributed by atoms with Crippen LogP contribution in [0.2, 0.25) is 0 Å². The SMILES string of the molecule is COc1cnn(Cc2cccc3c2CCOC3)c(=O)c1. The molecule has 2 heterocycles. The molecule has 5 nitrogen and oxygen atoms in total. The summed E-state index contributed by atoms with van der Waals surface area (Å²) in [4.78, 5) is 12.0. The van der Waals surface area contributed by atoms with Crippen molar-refractivity contribution >= 4 is 0 Å². The van der Waals surface area contributed by atoms with Gasteiger partial charge in [0.15, 0.2) is 0 Å². The van der Waals surface area contributed by atoms with Crippen LogP contribution < -0.4 is 10.3 Å². The molecule has 0 saturated carbocycles. The maximum atomic E-state index is 12.0. The highest BCUT2D eigenvalue weighted by molar-refractivity contribution is 5.36. The van der Waals surface area contributed by atoms with Gasteiger partial charge in [0.25, 0.3) is 5.56 Å². The number of nitrogens with zero attached hydrogens (tertiary/aromatic N) is 2. The molecule has 0 radical (unpaired) electrons. The monoisotopic (exact) mass is 272 g/mol. The molecule has 5 heteroatoms. The Morgan fingerprint density at radius 1 is 1.45 bits per heavy atom. The van der Waals surface area contributed by atoms with Crippen molar-refractivity contribution in [3.63, 3.8) is 0 Å². The Labute approximate surface area is 116 Å². The largest absolute Gasteiger partial charge is 0.495 e. The average molecular weight is 272 g/mol. The molecule has 1 aromatic heterocycles. The van der Waals surface area contributed by atoms with Gasteiger partial charge in [0, 0.05) is 6.07 Å². The lowest BCUT2D eigenvalue weighted by Gasteiger charge is -2.20. The van der Waals surface area contributed by atoms with Crippen LogP contribution in [0, 0.1) is 0 Å². The first kappa shape index (κ1) is 12.9. The van der Waals surface area contributed by atoms with Gasteiger partial charge in [-0.2, -0.15) is 5.10 Å². The Hall–Kier alpha value is -2.14. The molecule has 0 bridgehead atoms. The molecule has 3 rings (SSSR count). The van der Waals surface area contributed by atoms with Crippen molar-refractivity contribution in [3.05, 3.63) is 57.5 Å². The van der Waals surface area contributed by atoms with Gasteiger partial charge in [0.05, 0.1) is 33.1 Å². The maximum absolute atomic E-state index is 12.0. The Morgan fingerprint density at radius 3 is 3.15 bits per heavy atom. The lowest BCUT2D eigenvalue weighted by atomic mass is 9.97. The predicted molar refractivity (Wildman–Crippen MR) is 74.0 cm³/mol. The number of hydrogen-bond donors (Lipinski definition) is 0. The molecular formula is C15H16N2O3. The van der Waals surface area contributed by atoms with E-state index in [1.165, 1.54) is 29.0 Å². The minimum Gasteiger partial charge on any atom is -0.495 e. The number of hydrogen-bond acceptors (Lipinski definition) is 4. The molecule has 0 fully saturated rings. The molecule has 0 aliphatic carbocycles. The highest BCUT2D eigenvalue weighted by atomic mass is 16.5. The summed E-state index contributed by atoms with van der Waals surface area (Å²) in [6, 6.07) is 7.56. The molecular weight excluding hydrogens is 256 g/mol. The predicted octanol–water partition coefficient (Wildman–Crippen LogP) is 1.37. The van der Waals surface area contributed by atoms with E-state index in [1.54, 1.807) is 6.20 Å². The summed E-state index contributed by atoms with van der Waals surface area (Å²) in [7, 11) is 1.52. The van der Waals surface area contributed by atoms with Crippen LogP contribution >= 0.6 is 0 Å². The van der Waals surface area contributed by atoms with Gasteiger partial charge in [-0.25, -0.2) is 4.68 Å². The first-order chi connectivity index (χ1) is 9.78. The third-order valence-electron chi connectivity index (χ3n) is 3.52. The summed E-state index contributed by atoms with van der Waals surface area (Å²) in [5, 5.41) is 4.14. The van der Waals surface area contributed by atoms with Gasteiger partial charge in [-0.05, 0) is 23.1 Å². The van der Waals surface area contributed by atoms with E-state index in [0.29, 0.717) is 18.9 Å². The summed E-state index contributed by atoms with van der Waals surface area (Å²) >= 11 is 0. The fourth-order valence-electron chi connectivity index (χ4n) is 2.46. The second-order valence-electron chi connectivity index (χ2n) is 4.75. The Morgan fingerprint density at radius 2 is 2.35 bits per heavy atom. The molecule has 2 aromatic rings. The molecule has 0 unspecified atom stereocenters. The van der Waals surface area contributed by atoms with E-state index in [0.717, 1.165) is 18.6 Å². The Balaban J connectivity index is 1.94. The highest BCUT2D eigenvalue weighted by Crippen LogP contribution is 2.21. The topological polar surface area (TPSA) is 53.4 Å². The van der Waals surface area contributed by atoms with Gasteiger partial charge in [-0.15, -0.1) is 0 Å². The van der Waals surface area contributed by atoms with Crippen LogP contribution in [0.1, 0.15) is 16.7 Å². The van der Waals surface area contributed by atoms with Crippen LogP contribution in [-0.2, 0) is 24.3 Å². The van der Waals surface area contributed by atoms with Gasteiger partial charge in [-0.3, -0.25) is 4.79 Å². The zero-order valence-corrected chi connectivity index (χ0v) is 11.3.